The third kappa shape index (κ3) is 6.85. The fourth-order valence-electron chi connectivity index (χ4n) is 3.31. The Balaban J connectivity index is 1.98. The van der Waals surface area contributed by atoms with Gasteiger partial charge in [0.2, 0.25) is 0 Å². The van der Waals surface area contributed by atoms with Crippen molar-refractivity contribution in [3.05, 3.63) is 23.9 Å². The molecule has 1 aromatic rings. The van der Waals surface area contributed by atoms with Gasteiger partial charge >= 0.3 is 12.1 Å². The number of amides is 1. The number of piperidine rings is 1. The van der Waals surface area contributed by atoms with E-state index >= 15 is 0 Å². The fourth-order valence-corrected chi connectivity index (χ4v) is 3.31. The van der Waals surface area contributed by atoms with E-state index in [2.05, 4.69) is 4.98 Å². The van der Waals surface area contributed by atoms with Crippen molar-refractivity contribution in [2.24, 2.45) is 5.92 Å². The summed E-state index contributed by atoms with van der Waals surface area (Å²) in [6.45, 7) is -0.000488. The standard InChI is InChI=1S/C20H22F3N5O3/c21-20(22,23)16-6-1-9-26-18(16)28-10-2-5-15(13-28)19(30)31-14-17(29)27(11-3-7-24)12-4-8-25/h1,6,9,15H,2-5,10-14H2. The molecule has 1 unspecified atom stereocenters. The maximum atomic E-state index is 13.3. The van der Waals surface area contributed by atoms with Crippen molar-refractivity contribution in [3.8, 4) is 12.1 Å². The Morgan fingerprint density at radius 1 is 1.26 bits per heavy atom. The molecule has 1 aromatic heterocycles. The molecule has 0 N–H and O–H groups in total. The molecule has 1 saturated heterocycles. The molecule has 8 nitrogen and oxygen atoms in total. The van der Waals surface area contributed by atoms with Crippen molar-refractivity contribution in [3.63, 3.8) is 0 Å². The first-order valence-corrected chi connectivity index (χ1v) is 9.73. The van der Waals surface area contributed by atoms with Gasteiger partial charge in [-0.15, -0.1) is 0 Å². The van der Waals surface area contributed by atoms with Crippen LogP contribution in [-0.4, -0.2) is 54.5 Å². The van der Waals surface area contributed by atoms with Crippen LogP contribution >= 0.6 is 0 Å². The quantitative estimate of drug-likeness (QED) is 0.575. The number of carbonyl (C=O) groups excluding carboxylic acids is 2. The van der Waals surface area contributed by atoms with E-state index in [9.17, 15) is 22.8 Å². The third-order valence-corrected chi connectivity index (χ3v) is 4.82. The predicted molar refractivity (Wildman–Crippen MR) is 102 cm³/mol. The molecule has 1 atom stereocenters. The summed E-state index contributed by atoms with van der Waals surface area (Å²) in [6.07, 6.45) is -2.26. The van der Waals surface area contributed by atoms with E-state index in [-0.39, 0.29) is 38.3 Å². The van der Waals surface area contributed by atoms with Gasteiger partial charge in [-0.05, 0) is 25.0 Å². The summed E-state index contributed by atoms with van der Waals surface area (Å²) < 4.78 is 44.9. The van der Waals surface area contributed by atoms with Gasteiger partial charge in [-0.2, -0.15) is 23.7 Å². The first kappa shape index (κ1) is 23.9. The van der Waals surface area contributed by atoms with E-state index < -0.39 is 36.1 Å². The highest BCUT2D eigenvalue weighted by Crippen LogP contribution is 2.36. The number of halogens is 3. The molecule has 1 amide bonds. The number of ether oxygens (including phenoxy) is 1. The molecule has 0 aromatic carbocycles. The van der Waals surface area contributed by atoms with Crippen LogP contribution in [0.1, 0.15) is 31.2 Å². The van der Waals surface area contributed by atoms with Gasteiger partial charge in [-0.25, -0.2) is 4.98 Å². The van der Waals surface area contributed by atoms with Gasteiger partial charge in [0.25, 0.3) is 5.91 Å². The number of hydrogen-bond acceptors (Lipinski definition) is 7. The Morgan fingerprint density at radius 3 is 2.55 bits per heavy atom. The average molecular weight is 437 g/mol. The Kier molecular flexibility index (Phi) is 8.62. The second kappa shape index (κ2) is 11.2. The molecule has 1 aliphatic heterocycles. The maximum Gasteiger partial charge on any atom is 0.419 e. The Morgan fingerprint density at radius 2 is 1.94 bits per heavy atom. The molecule has 11 heteroatoms. The zero-order chi connectivity index (χ0) is 22.9. The van der Waals surface area contributed by atoms with Crippen LogP contribution in [0.25, 0.3) is 0 Å². The first-order chi connectivity index (χ1) is 14.8. The SMILES string of the molecule is N#CCCN(CCC#N)C(=O)COC(=O)C1CCCN(c2ncccc2C(F)(F)F)C1. The van der Waals surface area contributed by atoms with Crippen molar-refractivity contribution in [2.45, 2.75) is 31.9 Å². The minimum absolute atomic E-state index is 0.000301. The molecule has 0 spiro atoms. The molecule has 31 heavy (non-hydrogen) atoms. The average Bonchev–Trinajstić information content (AvgIpc) is 2.77. The Bertz CT molecular complexity index is 845. The predicted octanol–water partition coefficient (Wildman–Crippen LogP) is 2.52. The molecule has 166 valence electrons. The number of alkyl halides is 3. The molecule has 0 saturated carbocycles. The highest BCUT2D eigenvalue weighted by Gasteiger charge is 2.37. The van der Waals surface area contributed by atoms with E-state index in [0.29, 0.717) is 19.4 Å². The molecule has 0 radical (unpaired) electrons. The molecular weight excluding hydrogens is 415 g/mol. The van der Waals surface area contributed by atoms with Crippen molar-refractivity contribution >= 4 is 17.7 Å². The Hall–Kier alpha value is -3.34. The summed E-state index contributed by atoms with van der Waals surface area (Å²) in [7, 11) is 0. The van der Waals surface area contributed by atoms with E-state index in [1.54, 1.807) is 0 Å². The van der Waals surface area contributed by atoms with Gasteiger partial charge in [0.1, 0.15) is 5.82 Å². The summed E-state index contributed by atoms with van der Waals surface area (Å²) in [5.74, 6) is -2.14. The first-order valence-electron chi connectivity index (χ1n) is 9.73. The molecule has 1 aliphatic rings. The monoisotopic (exact) mass is 437 g/mol. The van der Waals surface area contributed by atoms with E-state index in [0.717, 1.165) is 6.07 Å². The van der Waals surface area contributed by atoms with E-state index in [1.807, 2.05) is 12.1 Å². The second-order valence-electron chi connectivity index (χ2n) is 6.96. The third-order valence-electron chi connectivity index (χ3n) is 4.82. The summed E-state index contributed by atoms with van der Waals surface area (Å²) in [6, 6.07) is 5.96. The van der Waals surface area contributed by atoms with Crippen LogP contribution in [0.3, 0.4) is 0 Å². The summed E-state index contributed by atoms with van der Waals surface area (Å²) in [4.78, 5) is 31.3. The maximum absolute atomic E-state index is 13.3. The summed E-state index contributed by atoms with van der Waals surface area (Å²) in [5.41, 5.74) is -0.871. The van der Waals surface area contributed by atoms with Crippen molar-refractivity contribution in [2.75, 3.05) is 37.7 Å². The number of pyridine rings is 1. The number of carbonyl (C=O) groups is 2. The van der Waals surface area contributed by atoms with Crippen molar-refractivity contribution in [1.82, 2.24) is 9.88 Å². The lowest BCUT2D eigenvalue weighted by Crippen LogP contribution is -2.42. The highest BCUT2D eigenvalue weighted by atomic mass is 19.4. The van der Waals surface area contributed by atoms with Crippen LogP contribution in [0.5, 0.6) is 0 Å². The zero-order valence-electron chi connectivity index (χ0n) is 16.8. The molecule has 0 bridgehead atoms. The fraction of sp³-hybridized carbons (Fsp3) is 0.550. The number of rotatable bonds is 8. The van der Waals surface area contributed by atoms with E-state index in [4.69, 9.17) is 15.3 Å². The van der Waals surface area contributed by atoms with Gasteiger partial charge in [0.15, 0.2) is 6.61 Å². The molecule has 2 heterocycles. The topological polar surface area (TPSA) is 110 Å². The lowest BCUT2D eigenvalue weighted by Gasteiger charge is -2.33. The lowest BCUT2D eigenvalue weighted by molar-refractivity contribution is -0.155. The summed E-state index contributed by atoms with van der Waals surface area (Å²) >= 11 is 0. The summed E-state index contributed by atoms with van der Waals surface area (Å²) in [5, 5.41) is 17.4. The lowest BCUT2D eigenvalue weighted by atomic mass is 9.98. The van der Waals surface area contributed by atoms with Crippen LogP contribution in [0.15, 0.2) is 18.3 Å². The number of hydrogen-bond donors (Lipinski definition) is 0. The highest BCUT2D eigenvalue weighted by molar-refractivity contribution is 5.81. The van der Waals surface area contributed by atoms with Gasteiger partial charge in [-0.3, -0.25) is 9.59 Å². The second-order valence-corrected chi connectivity index (χ2v) is 6.96. The number of nitriles is 2. The number of anilines is 1. The number of nitrogens with zero attached hydrogens (tertiary/aromatic N) is 5. The van der Waals surface area contributed by atoms with Crippen molar-refractivity contribution < 1.29 is 27.5 Å². The normalized spacial score (nSPS) is 16.2. The van der Waals surface area contributed by atoms with Gasteiger partial charge < -0.3 is 14.5 Å². The van der Waals surface area contributed by atoms with Crippen LogP contribution in [0, 0.1) is 28.6 Å². The molecule has 1 fully saturated rings. The number of esters is 1. The number of aromatic nitrogens is 1. The minimum atomic E-state index is -4.57. The minimum Gasteiger partial charge on any atom is -0.455 e. The molecule has 0 aliphatic carbocycles. The Labute approximate surface area is 177 Å². The zero-order valence-corrected chi connectivity index (χ0v) is 16.8. The van der Waals surface area contributed by atoms with Gasteiger partial charge in [0, 0.05) is 32.4 Å². The van der Waals surface area contributed by atoms with Crippen molar-refractivity contribution in [1.29, 1.82) is 10.5 Å². The largest absolute Gasteiger partial charge is 0.455 e. The van der Waals surface area contributed by atoms with Crippen LogP contribution in [-0.2, 0) is 20.5 Å². The van der Waals surface area contributed by atoms with Crippen LogP contribution in [0.4, 0.5) is 19.0 Å². The van der Waals surface area contributed by atoms with Gasteiger partial charge in [0.05, 0.1) is 36.5 Å². The van der Waals surface area contributed by atoms with Crippen LogP contribution < -0.4 is 4.90 Å². The molecule has 2 rings (SSSR count). The van der Waals surface area contributed by atoms with E-state index in [1.165, 1.54) is 22.1 Å². The van der Waals surface area contributed by atoms with Crippen LogP contribution in [0.2, 0.25) is 0 Å². The molecular formula is C20H22F3N5O3. The smallest absolute Gasteiger partial charge is 0.419 e. The van der Waals surface area contributed by atoms with Gasteiger partial charge in [-0.1, -0.05) is 0 Å².